The number of hydrogen-bond acceptors (Lipinski definition) is 2. The number of para-hydroxylation sites is 1. The Hall–Kier alpha value is -2.42. The number of aryl methyl sites for hydroxylation is 2. The van der Waals surface area contributed by atoms with E-state index < -0.39 is 0 Å². The number of benzene rings is 2. The third kappa shape index (κ3) is 2.23. The SMILES string of the molecule is Cc1ccc(N=CC2C(=O)Nc3ccccc32)c(C)c1. The molecule has 1 aliphatic heterocycles. The predicted molar refractivity (Wildman–Crippen MR) is 81.9 cm³/mol. The third-order valence-corrected chi connectivity index (χ3v) is 3.55. The second-order valence-corrected chi connectivity index (χ2v) is 5.12. The van der Waals surface area contributed by atoms with Crippen molar-refractivity contribution < 1.29 is 4.79 Å². The van der Waals surface area contributed by atoms with E-state index in [-0.39, 0.29) is 11.8 Å². The summed E-state index contributed by atoms with van der Waals surface area (Å²) in [7, 11) is 0. The second kappa shape index (κ2) is 4.93. The molecule has 3 nitrogen and oxygen atoms in total. The van der Waals surface area contributed by atoms with Crippen LogP contribution in [0.3, 0.4) is 0 Å². The molecule has 0 saturated carbocycles. The first kappa shape index (κ1) is 12.6. The Kier molecular flexibility index (Phi) is 3.11. The molecule has 0 saturated heterocycles. The highest BCUT2D eigenvalue weighted by Crippen LogP contribution is 2.31. The van der Waals surface area contributed by atoms with Gasteiger partial charge in [-0.05, 0) is 37.1 Å². The number of rotatable bonds is 2. The topological polar surface area (TPSA) is 41.5 Å². The highest BCUT2D eigenvalue weighted by Gasteiger charge is 2.28. The number of aliphatic imine (C=N–C) groups is 1. The van der Waals surface area contributed by atoms with E-state index in [1.807, 2.05) is 43.3 Å². The maximum absolute atomic E-state index is 12.0. The molecular formula is C17H16N2O. The lowest BCUT2D eigenvalue weighted by molar-refractivity contribution is -0.115. The predicted octanol–water partition coefficient (Wildman–Crippen LogP) is 3.74. The van der Waals surface area contributed by atoms with Gasteiger partial charge in [-0.1, -0.05) is 35.9 Å². The Morgan fingerprint density at radius 2 is 1.95 bits per heavy atom. The average Bonchev–Trinajstić information content (AvgIpc) is 2.74. The number of nitrogens with one attached hydrogen (secondary N) is 1. The molecule has 1 aliphatic rings. The van der Waals surface area contributed by atoms with Gasteiger partial charge in [0.1, 0.15) is 5.92 Å². The number of fused-ring (bicyclic) bond motifs is 1. The largest absolute Gasteiger partial charge is 0.325 e. The van der Waals surface area contributed by atoms with Crippen molar-refractivity contribution in [1.29, 1.82) is 0 Å². The molecule has 100 valence electrons. The first-order valence-electron chi connectivity index (χ1n) is 6.66. The van der Waals surface area contributed by atoms with Crippen LogP contribution in [0, 0.1) is 13.8 Å². The molecule has 0 aliphatic carbocycles. The molecule has 1 unspecified atom stereocenters. The van der Waals surface area contributed by atoms with Gasteiger partial charge in [-0.3, -0.25) is 9.79 Å². The Morgan fingerprint density at radius 3 is 2.75 bits per heavy atom. The summed E-state index contributed by atoms with van der Waals surface area (Å²) in [5, 5.41) is 2.88. The number of carbonyl (C=O) groups is 1. The van der Waals surface area contributed by atoms with Gasteiger partial charge in [0, 0.05) is 11.9 Å². The van der Waals surface area contributed by atoms with Gasteiger partial charge >= 0.3 is 0 Å². The summed E-state index contributed by atoms with van der Waals surface area (Å²) in [6.45, 7) is 4.09. The normalized spacial score (nSPS) is 17.3. The first-order valence-corrected chi connectivity index (χ1v) is 6.66. The van der Waals surface area contributed by atoms with Crippen molar-refractivity contribution in [2.75, 3.05) is 5.32 Å². The summed E-state index contributed by atoms with van der Waals surface area (Å²) in [6.07, 6.45) is 1.73. The zero-order valence-corrected chi connectivity index (χ0v) is 11.6. The van der Waals surface area contributed by atoms with E-state index in [9.17, 15) is 4.79 Å². The smallest absolute Gasteiger partial charge is 0.237 e. The van der Waals surface area contributed by atoms with E-state index in [0.29, 0.717) is 0 Å². The van der Waals surface area contributed by atoms with E-state index in [2.05, 4.69) is 23.3 Å². The van der Waals surface area contributed by atoms with Crippen LogP contribution in [0.2, 0.25) is 0 Å². The lowest BCUT2D eigenvalue weighted by Crippen LogP contribution is -2.12. The molecule has 3 rings (SSSR count). The second-order valence-electron chi connectivity index (χ2n) is 5.12. The monoisotopic (exact) mass is 264 g/mol. The van der Waals surface area contributed by atoms with Gasteiger partial charge in [-0.2, -0.15) is 0 Å². The number of anilines is 1. The molecule has 1 N–H and O–H groups in total. The van der Waals surface area contributed by atoms with Crippen molar-refractivity contribution >= 4 is 23.5 Å². The van der Waals surface area contributed by atoms with Crippen LogP contribution in [-0.2, 0) is 4.79 Å². The van der Waals surface area contributed by atoms with Gasteiger partial charge in [-0.15, -0.1) is 0 Å². The van der Waals surface area contributed by atoms with Crippen LogP contribution in [0.15, 0.2) is 47.5 Å². The molecule has 20 heavy (non-hydrogen) atoms. The molecule has 2 aromatic rings. The van der Waals surface area contributed by atoms with Gasteiger partial charge < -0.3 is 5.32 Å². The van der Waals surface area contributed by atoms with Gasteiger partial charge in [0.15, 0.2) is 0 Å². The van der Waals surface area contributed by atoms with Crippen molar-refractivity contribution in [2.45, 2.75) is 19.8 Å². The van der Waals surface area contributed by atoms with E-state index in [1.54, 1.807) is 6.21 Å². The Morgan fingerprint density at radius 1 is 1.15 bits per heavy atom. The number of hydrogen-bond donors (Lipinski definition) is 1. The van der Waals surface area contributed by atoms with E-state index in [1.165, 1.54) is 5.56 Å². The fourth-order valence-electron chi connectivity index (χ4n) is 2.49. The summed E-state index contributed by atoms with van der Waals surface area (Å²) >= 11 is 0. The van der Waals surface area contributed by atoms with Crippen molar-refractivity contribution in [3.05, 3.63) is 59.2 Å². The minimum Gasteiger partial charge on any atom is -0.325 e. The number of carbonyl (C=O) groups excluding carboxylic acids is 1. The molecule has 0 fully saturated rings. The van der Waals surface area contributed by atoms with Crippen molar-refractivity contribution in [3.8, 4) is 0 Å². The van der Waals surface area contributed by atoms with E-state index >= 15 is 0 Å². The Bertz CT molecular complexity index is 704. The highest BCUT2D eigenvalue weighted by molar-refractivity contribution is 6.12. The molecule has 3 heteroatoms. The van der Waals surface area contributed by atoms with Crippen molar-refractivity contribution in [3.63, 3.8) is 0 Å². The zero-order valence-electron chi connectivity index (χ0n) is 11.6. The molecule has 1 atom stereocenters. The maximum atomic E-state index is 12.0. The zero-order chi connectivity index (χ0) is 14.1. The van der Waals surface area contributed by atoms with Crippen molar-refractivity contribution in [1.82, 2.24) is 0 Å². The van der Waals surface area contributed by atoms with Gasteiger partial charge in [-0.25, -0.2) is 0 Å². The number of amides is 1. The summed E-state index contributed by atoms with van der Waals surface area (Å²) in [4.78, 5) is 16.5. The van der Waals surface area contributed by atoms with Crippen LogP contribution in [-0.4, -0.2) is 12.1 Å². The van der Waals surface area contributed by atoms with Gasteiger partial charge in [0.05, 0.1) is 5.69 Å². The van der Waals surface area contributed by atoms with Crippen molar-refractivity contribution in [2.24, 2.45) is 4.99 Å². The minimum absolute atomic E-state index is 0.0142. The Balaban J connectivity index is 1.91. The molecule has 2 aromatic carbocycles. The fraction of sp³-hybridized carbons (Fsp3) is 0.176. The van der Waals surface area contributed by atoms with Gasteiger partial charge in [0.2, 0.25) is 5.91 Å². The Labute approximate surface area is 118 Å². The van der Waals surface area contributed by atoms with E-state index in [0.717, 1.165) is 22.5 Å². The van der Waals surface area contributed by atoms with Gasteiger partial charge in [0.25, 0.3) is 0 Å². The summed E-state index contributed by atoms with van der Waals surface area (Å²) < 4.78 is 0. The van der Waals surface area contributed by atoms with Crippen LogP contribution in [0.4, 0.5) is 11.4 Å². The summed E-state index contributed by atoms with van der Waals surface area (Å²) in [5.41, 5.74) is 5.12. The quantitative estimate of drug-likeness (QED) is 0.825. The fourth-order valence-corrected chi connectivity index (χ4v) is 2.49. The molecule has 0 aromatic heterocycles. The van der Waals surface area contributed by atoms with Crippen LogP contribution in [0.1, 0.15) is 22.6 Å². The molecule has 0 spiro atoms. The molecule has 1 heterocycles. The lowest BCUT2D eigenvalue weighted by Gasteiger charge is -2.04. The minimum atomic E-state index is -0.299. The molecule has 0 bridgehead atoms. The lowest BCUT2D eigenvalue weighted by atomic mass is 10.0. The van der Waals surface area contributed by atoms with Crippen LogP contribution in [0.25, 0.3) is 0 Å². The van der Waals surface area contributed by atoms with Crippen LogP contribution in [0.5, 0.6) is 0 Å². The standard InChI is InChI=1S/C17H16N2O/c1-11-7-8-15(12(2)9-11)18-10-14-13-5-3-4-6-16(13)19-17(14)20/h3-10,14H,1-2H3,(H,19,20). The van der Waals surface area contributed by atoms with E-state index in [4.69, 9.17) is 0 Å². The summed E-state index contributed by atoms with van der Waals surface area (Å²) in [5.74, 6) is -0.313. The first-order chi connectivity index (χ1) is 9.65. The van der Waals surface area contributed by atoms with Crippen LogP contribution < -0.4 is 5.32 Å². The molecular weight excluding hydrogens is 248 g/mol. The summed E-state index contributed by atoms with van der Waals surface area (Å²) in [6, 6.07) is 13.8. The highest BCUT2D eigenvalue weighted by atomic mass is 16.2. The molecule has 0 radical (unpaired) electrons. The number of nitrogens with zero attached hydrogens (tertiary/aromatic N) is 1. The molecule has 1 amide bonds. The average molecular weight is 264 g/mol. The third-order valence-electron chi connectivity index (χ3n) is 3.55. The van der Waals surface area contributed by atoms with Crippen LogP contribution >= 0.6 is 0 Å². The maximum Gasteiger partial charge on any atom is 0.237 e.